The van der Waals surface area contributed by atoms with E-state index in [0.29, 0.717) is 12.1 Å². The zero-order chi connectivity index (χ0) is 13.4. The molecule has 0 bridgehead atoms. The molecule has 0 spiro atoms. The van der Waals surface area contributed by atoms with Crippen LogP contribution in [-0.4, -0.2) is 36.1 Å². The van der Waals surface area contributed by atoms with Gasteiger partial charge in [-0.3, -0.25) is 4.68 Å². The monoisotopic (exact) mass is 253 g/mol. The molecule has 0 saturated heterocycles. The quantitative estimate of drug-likeness (QED) is 0.734. The zero-order valence-electron chi connectivity index (χ0n) is 12.1. The molecule has 1 atom stereocenters. The van der Waals surface area contributed by atoms with Crippen LogP contribution in [0.15, 0.2) is 12.3 Å². The molecule has 1 aromatic rings. The smallest absolute Gasteiger partial charge is 0.0625 e. The second kappa shape index (κ2) is 8.27. The topological polar surface area (TPSA) is 39.1 Å². The van der Waals surface area contributed by atoms with Crippen LogP contribution >= 0.6 is 0 Å². The molecule has 0 fully saturated rings. The molecule has 0 aliphatic rings. The number of methoxy groups -OCH3 is 1. The van der Waals surface area contributed by atoms with Crippen LogP contribution in [0.25, 0.3) is 0 Å². The number of ether oxygens (including phenoxy) is 1. The van der Waals surface area contributed by atoms with Crippen molar-refractivity contribution >= 4 is 0 Å². The molecule has 18 heavy (non-hydrogen) atoms. The van der Waals surface area contributed by atoms with Gasteiger partial charge in [0.15, 0.2) is 0 Å². The van der Waals surface area contributed by atoms with Crippen molar-refractivity contribution in [3.63, 3.8) is 0 Å². The van der Waals surface area contributed by atoms with Gasteiger partial charge in [0.1, 0.15) is 0 Å². The highest BCUT2D eigenvalue weighted by Crippen LogP contribution is 2.07. The third-order valence-electron chi connectivity index (χ3n) is 2.99. The Bertz CT molecular complexity index is 323. The van der Waals surface area contributed by atoms with E-state index in [1.54, 1.807) is 7.11 Å². The van der Waals surface area contributed by atoms with Crippen LogP contribution < -0.4 is 5.32 Å². The number of nitrogens with zero attached hydrogens (tertiary/aromatic N) is 2. The molecule has 1 rings (SSSR count). The predicted octanol–water partition coefficient (Wildman–Crippen LogP) is 2.41. The molecule has 1 unspecified atom stereocenters. The van der Waals surface area contributed by atoms with Gasteiger partial charge in [-0.2, -0.15) is 5.10 Å². The van der Waals surface area contributed by atoms with Crippen LogP contribution in [0.5, 0.6) is 0 Å². The molecule has 0 amide bonds. The number of aromatic nitrogens is 2. The maximum absolute atomic E-state index is 5.24. The second-order valence-corrected chi connectivity index (χ2v) is 5.03. The van der Waals surface area contributed by atoms with Crippen molar-refractivity contribution < 1.29 is 4.74 Å². The van der Waals surface area contributed by atoms with Crippen LogP contribution in [0.3, 0.4) is 0 Å². The first-order valence-corrected chi connectivity index (χ1v) is 6.93. The van der Waals surface area contributed by atoms with E-state index in [-0.39, 0.29) is 0 Å². The molecule has 0 radical (unpaired) electrons. The molecule has 4 heteroatoms. The Kier molecular flexibility index (Phi) is 6.98. The van der Waals surface area contributed by atoms with E-state index in [1.165, 1.54) is 5.69 Å². The van der Waals surface area contributed by atoms with Crippen LogP contribution in [0.1, 0.15) is 45.3 Å². The molecular weight excluding hydrogens is 226 g/mol. The highest BCUT2D eigenvalue weighted by molar-refractivity contribution is 5.00. The Morgan fingerprint density at radius 2 is 2.22 bits per heavy atom. The summed E-state index contributed by atoms with van der Waals surface area (Å²) >= 11 is 0. The fourth-order valence-electron chi connectivity index (χ4n) is 1.91. The molecule has 1 N–H and O–H groups in total. The summed E-state index contributed by atoms with van der Waals surface area (Å²) in [6, 6.07) is 2.98. The number of hydrogen-bond acceptors (Lipinski definition) is 3. The highest BCUT2D eigenvalue weighted by Gasteiger charge is 2.09. The summed E-state index contributed by atoms with van der Waals surface area (Å²) in [6.07, 6.45) is 5.29. The highest BCUT2D eigenvalue weighted by atomic mass is 16.5. The Morgan fingerprint density at radius 1 is 1.44 bits per heavy atom. The van der Waals surface area contributed by atoms with Gasteiger partial charge in [0.25, 0.3) is 0 Å². The van der Waals surface area contributed by atoms with Gasteiger partial charge in [-0.15, -0.1) is 0 Å². The lowest BCUT2D eigenvalue weighted by atomic mass is 10.1. The van der Waals surface area contributed by atoms with E-state index in [1.807, 2.05) is 4.68 Å². The largest absolute Gasteiger partial charge is 0.383 e. The number of hydrogen-bond donors (Lipinski definition) is 1. The number of aryl methyl sites for hydroxylation is 1. The standard InChI is InChI=1S/C14H27N3O/c1-5-9-15-14(11-18-4)7-6-13-8-10-17(16-13)12(2)3/h8,10,12,14-15H,5-7,9,11H2,1-4H3. The second-order valence-electron chi connectivity index (χ2n) is 5.03. The Balaban J connectivity index is 2.39. The SMILES string of the molecule is CCCNC(CCc1ccn(C(C)C)n1)COC. The molecule has 0 aromatic carbocycles. The maximum atomic E-state index is 5.24. The van der Waals surface area contributed by atoms with E-state index >= 15 is 0 Å². The number of nitrogens with one attached hydrogen (secondary N) is 1. The minimum Gasteiger partial charge on any atom is -0.383 e. The molecule has 0 aliphatic carbocycles. The zero-order valence-corrected chi connectivity index (χ0v) is 12.1. The fourth-order valence-corrected chi connectivity index (χ4v) is 1.91. The lowest BCUT2D eigenvalue weighted by Crippen LogP contribution is -2.34. The van der Waals surface area contributed by atoms with Crippen LogP contribution in [0, 0.1) is 0 Å². The van der Waals surface area contributed by atoms with E-state index in [2.05, 4.69) is 43.4 Å². The van der Waals surface area contributed by atoms with Crippen molar-refractivity contribution in [3.8, 4) is 0 Å². The van der Waals surface area contributed by atoms with Gasteiger partial charge in [0, 0.05) is 25.4 Å². The summed E-state index contributed by atoms with van der Waals surface area (Å²) < 4.78 is 7.26. The first kappa shape index (κ1) is 15.2. The Morgan fingerprint density at radius 3 is 2.78 bits per heavy atom. The Hall–Kier alpha value is -0.870. The predicted molar refractivity (Wildman–Crippen MR) is 74.9 cm³/mol. The lowest BCUT2D eigenvalue weighted by Gasteiger charge is -2.16. The van der Waals surface area contributed by atoms with Crippen molar-refractivity contribution in [2.24, 2.45) is 0 Å². The average Bonchev–Trinajstić information content (AvgIpc) is 2.81. The van der Waals surface area contributed by atoms with Crippen molar-refractivity contribution in [2.45, 2.75) is 52.1 Å². The maximum Gasteiger partial charge on any atom is 0.0625 e. The summed E-state index contributed by atoms with van der Waals surface area (Å²) in [6.45, 7) is 8.29. The molecular formula is C14H27N3O. The molecule has 104 valence electrons. The normalized spacial score (nSPS) is 13.2. The molecule has 4 nitrogen and oxygen atoms in total. The summed E-state index contributed by atoms with van der Waals surface area (Å²) in [5.41, 5.74) is 1.17. The number of rotatable bonds is 9. The molecule has 0 aliphatic heterocycles. The third-order valence-corrected chi connectivity index (χ3v) is 2.99. The van der Waals surface area contributed by atoms with E-state index in [0.717, 1.165) is 32.4 Å². The van der Waals surface area contributed by atoms with Gasteiger partial charge >= 0.3 is 0 Å². The van der Waals surface area contributed by atoms with E-state index < -0.39 is 0 Å². The first-order chi connectivity index (χ1) is 8.67. The summed E-state index contributed by atoms with van der Waals surface area (Å²) in [7, 11) is 1.76. The van der Waals surface area contributed by atoms with Crippen LogP contribution in [-0.2, 0) is 11.2 Å². The first-order valence-electron chi connectivity index (χ1n) is 6.93. The lowest BCUT2D eigenvalue weighted by molar-refractivity contribution is 0.162. The minimum atomic E-state index is 0.430. The van der Waals surface area contributed by atoms with Gasteiger partial charge in [0.05, 0.1) is 12.3 Å². The minimum absolute atomic E-state index is 0.430. The molecule has 1 aromatic heterocycles. The van der Waals surface area contributed by atoms with Crippen molar-refractivity contribution in [3.05, 3.63) is 18.0 Å². The van der Waals surface area contributed by atoms with Crippen LogP contribution in [0.2, 0.25) is 0 Å². The summed E-state index contributed by atoms with van der Waals surface area (Å²) in [5.74, 6) is 0. The van der Waals surface area contributed by atoms with Gasteiger partial charge in [-0.1, -0.05) is 6.92 Å². The van der Waals surface area contributed by atoms with Crippen LogP contribution in [0.4, 0.5) is 0 Å². The van der Waals surface area contributed by atoms with Gasteiger partial charge in [0.2, 0.25) is 0 Å². The van der Waals surface area contributed by atoms with Gasteiger partial charge in [-0.05, 0) is 45.7 Å². The fraction of sp³-hybridized carbons (Fsp3) is 0.786. The Labute approximate surface area is 111 Å². The van der Waals surface area contributed by atoms with E-state index in [4.69, 9.17) is 4.74 Å². The summed E-state index contributed by atoms with van der Waals surface area (Å²) in [4.78, 5) is 0. The van der Waals surface area contributed by atoms with Crippen molar-refractivity contribution in [1.82, 2.24) is 15.1 Å². The van der Waals surface area contributed by atoms with Gasteiger partial charge < -0.3 is 10.1 Å². The summed E-state index contributed by atoms with van der Waals surface area (Å²) in [5, 5.41) is 8.08. The molecule has 1 heterocycles. The average molecular weight is 253 g/mol. The van der Waals surface area contributed by atoms with Crippen molar-refractivity contribution in [1.29, 1.82) is 0 Å². The molecule has 0 saturated carbocycles. The van der Waals surface area contributed by atoms with Crippen molar-refractivity contribution in [2.75, 3.05) is 20.3 Å². The third kappa shape index (κ3) is 5.19. The van der Waals surface area contributed by atoms with Gasteiger partial charge in [-0.25, -0.2) is 0 Å². The van der Waals surface area contributed by atoms with E-state index in [9.17, 15) is 0 Å².